The zero-order chi connectivity index (χ0) is 17.8. The van der Waals surface area contributed by atoms with Crippen LogP contribution >= 0.6 is 12.4 Å². The molecule has 7 nitrogen and oxygen atoms in total. The van der Waals surface area contributed by atoms with Crippen LogP contribution in [0.4, 0.5) is 4.79 Å². The third kappa shape index (κ3) is 5.19. The van der Waals surface area contributed by atoms with Gasteiger partial charge in [-0.1, -0.05) is 24.3 Å². The number of aliphatic carboxylic acids is 1. The Labute approximate surface area is 158 Å². The number of benzene rings is 1. The fourth-order valence-electron chi connectivity index (χ4n) is 3.48. The van der Waals surface area contributed by atoms with Gasteiger partial charge in [-0.15, -0.1) is 12.4 Å². The van der Waals surface area contributed by atoms with E-state index in [1.54, 1.807) is 4.90 Å². The van der Waals surface area contributed by atoms with E-state index in [9.17, 15) is 14.4 Å². The predicted molar refractivity (Wildman–Crippen MR) is 98.3 cm³/mol. The maximum absolute atomic E-state index is 11.8. The molecule has 0 aromatic heterocycles. The Hall–Kier alpha value is -2.12. The number of carboxylic acids is 1. The molecule has 2 fully saturated rings. The van der Waals surface area contributed by atoms with Gasteiger partial charge in [-0.05, 0) is 43.0 Å². The first-order valence-corrected chi connectivity index (χ1v) is 8.63. The Morgan fingerprint density at radius 3 is 2.35 bits per heavy atom. The summed E-state index contributed by atoms with van der Waals surface area (Å²) in [5.74, 6) is -0.535. The minimum atomic E-state index is -0.772. The molecule has 0 spiro atoms. The van der Waals surface area contributed by atoms with Gasteiger partial charge in [0.1, 0.15) is 0 Å². The molecule has 2 aliphatic rings. The highest BCUT2D eigenvalue weighted by Gasteiger charge is 2.24. The highest BCUT2D eigenvalue weighted by molar-refractivity contribution is 5.96. The predicted octanol–water partition coefficient (Wildman–Crippen LogP) is 1.81. The quantitative estimate of drug-likeness (QED) is 0.811. The number of piperidine rings is 1. The normalized spacial score (nSPS) is 19.0. The molecule has 0 radical (unpaired) electrons. The van der Waals surface area contributed by atoms with Crippen molar-refractivity contribution < 1.29 is 19.5 Å². The molecule has 142 valence electrons. The van der Waals surface area contributed by atoms with Crippen molar-refractivity contribution in [3.63, 3.8) is 0 Å². The first-order valence-electron chi connectivity index (χ1n) is 8.63. The molecular formula is C18H24ClN3O4. The number of likely N-dealkylation sites (tertiary alicyclic amines) is 1. The number of carbonyl (C=O) groups excluding carboxylic acids is 2. The van der Waals surface area contributed by atoms with Gasteiger partial charge in [0.15, 0.2) is 0 Å². The summed E-state index contributed by atoms with van der Waals surface area (Å²) in [7, 11) is 0. The average Bonchev–Trinajstić information content (AvgIpc) is 2.58. The van der Waals surface area contributed by atoms with Crippen LogP contribution in [-0.4, -0.2) is 59.0 Å². The van der Waals surface area contributed by atoms with Crippen LogP contribution in [0.2, 0.25) is 0 Å². The lowest BCUT2D eigenvalue weighted by Gasteiger charge is -2.31. The van der Waals surface area contributed by atoms with Crippen molar-refractivity contribution in [1.29, 1.82) is 0 Å². The second-order valence-electron chi connectivity index (χ2n) is 6.71. The van der Waals surface area contributed by atoms with Crippen LogP contribution in [-0.2, 0) is 16.1 Å². The molecule has 2 N–H and O–H groups in total. The summed E-state index contributed by atoms with van der Waals surface area (Å²) in [5.41, 5.74) is 2.30. The van der Waals surface area contributed by atoms with Crippen LogP contribution in [0.15, 0.2) is 24.3 Å². The highest BCUT2D eigenvalue weighted by atomic mass is 35.5. The summed E-state index contributed by atoms with van der Waals surface area (Å²) in [6.45, 7) is 2.68. The van der Waals surface area contributed by atoms with Crippen molar-refractivity contribution in [2.24, 2.45) is 0 Å². The second-order valence-corrected chi connectivity index (χ2v) is 6.71. The van der Waals surface area contributed by atoms with E-state index in [4.69, 9.17) is 5.11 Å². The van der Waals surface area contributed by atoms with E-state index in [1.807, 2.05) is 17.0 Å². The van der Waals surface area contributed by atoms with E-state index < -0.39 is 5.97 Å². The first kappa shape index (κ1) is 20.2. The Morgan fingerprint density at radius 2 is 1.77 bits per heavy atom. The Balaban J connectivity index is 0.00000243. The molecule has 0 atom stereocenters. The van der Waals surface area contributed by atoms with Crippen LogP contribution in [0, 0.1) is 0 Å². The van der Waals surface area contributed by atoms with Gasteiger partial charge >= 0.3 is 12.0 Å². The summed E-state index contributed by atoms with van der Waals surface area (Å²) in [6, 6.07) is 7.93. The molecule has 3 rings (SSSR count). The number of halogens is 1. The fourth-order valence-corrected chi connectivity index (χ4v) is 3.48. The van der Waals surface area contributed by atoms with Gasteiger partial charge in [0.2, 0.25) is 5.91 Å². The minimum Gasteiger partial charge on any atom is -0.480 e. The van der Waals surface area contributed by atoms with Gasteiger partial charge in [0.05, 0.1) is 6.54 Å². The largest absolute Gasteiger partial charge is 0.480 e. The molecule has 0 bridgehead atoms. The van der Waals surface area contributed by atoms with E-state index in [0.29, 0.717) is 25.4 Å². The van der Waals surface area contributed by atoms with E-state index in [1.165, 1.54) is 5.56 Å². The average molecular weight is 382 g/mol. The number of hydrogen-bond donors (Lipinski definition) is 2. The van der Waals surface area contributed by atoms with E-state index in [-0.39, 0.29) is 30.9 Å². The third-order valence-electron chi connectivity index (χ3n) is 4.91. The van der Waals surface area contributed by atoms with Gasteiger partial charge in [0.25, 0.3) is 0 Å². The fraction of sp³-hybridized carbons (Fsp3) is 0.500. The second kappa shape index (κ2) is 9.00. The van der Waals surface area contributed by atoms with Gasteiger partial charge in [0, 0.05) is 19.5 Å². The van der Waals surface area contributed by atoms with Crippen LogP contribution in [0.3, 0.4) is 0 Å². The topological polar surface area (TPSA) is 89.9 Å². The molecule has 8 heteroatoms. The number of nitrogens with zero attached hydrogens (tertiary/aromatic N) is 2. The van der Waals surface area contributed by atoms with Crippen LogP contribution in [0.5, 0.6) is 0 Å². The molecular weight excluding hydrogens is 358 g/mol. The molecule has 26 heavy (non-hydrogen) atoms. The third-order valence-corrected chi connectivity index (χ3v) is 4.91. The number of carbonyl (C=O) groups is 3. The SMILES string of the molecule is Cl.O=C(O)CN1CCC(c2ccc(CN3CCC(=O)NC3=O)cc2)CC1. The molecule has 0 saturated carbocycles. The van der Waals surface area contributed by atoms with Crippen LogP contribution in [0.1, 0.15) is 36.3 Å². The van der Waals surface area contributed by atoms with Gasteiger partial charge in [-0.2, -0.15) is 0 Å². The maximum atomic E-state index is 11.8. The van der Waals surface area contributed by atoms with Crippen molar-refractivity contribution in [3.05, 3.63) is 35.4 Å². The zero-order valence-corrected chi connectivity index (χ0v) is 15.3. The number of urea groups is 1. The number of nitrogens with one attached hydrogen (secondary N) is 1. The Kier molecular flexibility index (Phi) is 6.99. The summed E-state index contributed by atoms with van der Waals surface area (Å²) in [5, 5.41) is 11.2. The van der Waals surface area contributed by atoms with Gasteiger partial charge < -0.3 is 10.0 Å². The number of carboxylic acid groups (broad SMARTS) is 1. The summed E-state index contributed by atoms with van der Waals surface area (Å²) in [4.78, 5) is 37.3. The molecule has 2 aliphatic heterocycles. The lowest BCUT2D eigenvalue weighted by atomic mass is 9.89. The summed E-state index contributed by atoms with van der Waals surface area (Å²) < 4.78 is 0. The smallest absolute Gasteiger partial charge is 0.324 e. The van der Waals surface area contributed by atoms with Gasteiger partial charge in [-0.25, -0.2) is 4.79 Å². The number of hydrogen-bond acceptors (Lipinski definition) is 4. The lowest BCUT2D eigenvalue weighted by Crippen LogP contribution is -2.48. The maximum Gasteiger partial charge on any atom is 0.324 e. The van der Waals surface area contributed by atoms with Crippen molar-refractivity contribution in [1.82, 2.24) is 15.1 Å². The molecule has 1 aromatic carbocycles. The molecule has 0 unspecified atom stereocenters. The first-order chi connectivity index (χ1) is 12.0. The molecule has 2 heterocycles. The van der Waals surface area contributed by atoms with Crippen LogP contribution in [0.25, 0.3) is 0 Å². The minimum absolute atomic E-state index is 0. The van der Waals surface area contributed by atoms with Crippen molar-refractivity contribution >= 4 is 30.3 Å². The van der Waals surface area contributed by atoms with Crippen molar-refractivity contribution in [3.8, 4) is 0 Å². The van der Waals surface area contributed by atoms with E-state index in [2.05, 4.69) is 17.4 Å². The van der Waals surface area contributed by atoms with Gasteiger partial charge in [-0.3, -0.25) is 19.8 Å². The Morgan fingerprint density at radius 1 is 1.12 bits per heavy atom. The highest BCUT2D eigenvalue weighted by Crippen LogP contribution is 2.28. The number of imide groups is 1. The van der Waals surface area contributed by atoms with Crippen LogP contribution < -0.4 is 5.32 Å². The number of amides is 3. The molecule has 2 saturated heterocycles. The van der Waals surface area contributed by atoms with E-state index in [0.717, 1.165) is 31.5 Å². The lowest BCUT2D eigenvalue weighted by molar-refractivity contribution is -0.138. The summed E-state index contributed by atoms with van der Waals surface area (Å²) in [6.07, 6.45) is 2.27. The number of rotatable bonds is 5. The molecule has 0 aliphatic carbocycles. The van der Waals surface area contributed by atoms with Crippen molar-refractivity contribution in [2.45, 2.75) is 31.7 Å². The molecule has 1 aromatic rings. The summed E-state index contributed by atoms with van der Waals surface area (Å²) >= 11 is 0. The molecule has 3 amide bonds. The monoisotopic (exact) mass is 381 g/mol. The zero-order valence-electron chi connectivity index (χ0n) is 14.5. The standard InChI is InChI=1S/C18H23N3O4.ClH/c22-16-7-10-21(18(25)19-16)11-13-1-3-14(4-2-13)15-5-8-20(9-6-15)12-17(23)24;/h1-4,15H,5-12H2,(H,23,24)(H,19,22,25);1H. The van der Waals surface area contributed by atoms with Crippen molar-refractivity contribution in [2.75, 3.05) is 26.2 Å². The van der Waals surface area contributed by atoms with E-state index >= 15 is 0 Å². The Bertz CT molecular complexity index is 657.